The zero-order valence-corrected chi connectivity index (χ0v) is 13.7. The van der Waals surface area contributed by atoms with Crippen LogP contribution in [0.3, 0.4) is 0 Å². The number of rotatable bonds is 7. The van der Waals surface area contributed by atoms with E-state index >= 15 is 0 Å². The van der Waals surface area contributed by atoms with Crippen molar-refractivity contribution in [2.24, 2.45) is 0 Å². The highest BCUT2D eigenvalue weighted by atomic mass is 16.5. The molecule has 1 aromatic heterocycles. The largest absolute Gasteiger partial charge is 0.497 e. The van der Waals surface area contributed by atoms with Crippen molar-refractivity contribution in [3.8, 4) is 11.5 Å². The first kappa shape index (κ1) is 17.4. The Hall–Kier alpha value is -2.96. The van der Waals surface area contributed by atoms with Crippen molar-refractivity contribution in [1.82, 2.24) is 4.90 Å². The van der Waals surface area contributed by atoms with Crippen LogP contribution in [0.5, 0.6) is 11.5 Å². The van der Waals surface area contributed by atoms with Crippen LogP contribution in [-0.4, -0.2) is 42.6 Å². The molecule has 2 rings (SSSR count). The van der Waals surface area contributed by atoms with Crippen molar-refractivity contribution >= 4 is 11.9 Å². The normalized spacial score (nSPS) is 10.3. The highest BCUT2D eigenvalue weighted by Crippen LogP contribution is 2.24. The smallest absolute Gasteiger partial charge is 0.323 e. The molecule has 0 aliphatic rings. The van der Waals surface area contributed by atoms with Gasteiger partial charge in [0.05, 0.1) is 20.5 Å². The van der Waals surface area contributed by atoms with Crippen LogP contribution < -0.4 is 9.47 Å². The molecule has 1 heterocycles. The van der Waals surface area contributed by atoms with Gasteiger partial charge in [0.25, 0.3) is 5.91 Å². The molecule has 1 N–H and O–H groups in total. The fraction of sp³-hybridized carbons (Fsp3) is 0.294. The van der Waals surface area contributed by atoms with Crippen LogP contribution in [0.4, 0.5) is 0 Å². The van der Waals surface area contributed by atoms with Crippen LogP contribution in [0, 0.1) is 6.92 Å². The zero-order valence-electron chi connectivity index (χ0n) is 13.7. The van der Waals surface area contributed by atoms with Gasteiger partial charge in [0.2, 0.25) is 0 Å². The molecule has 0 saturated heterocycles. The third kappa shape index (κ3) is 4.07. The van der Waals surface area contributed by atoms with E-state index in [2.05, 4.69) is 0 Å². The molecule has 7 heteroatoms. The van der Waals surface area contributed by atoms with Gasteiger partial charge in [-0.3, -0.25) is 9.59 Å². The molecule has 1 aromatic carbocycles. The Kier molecular flexibility index (Phi) is 5.47. The molecule has 128 valence electrons. The maximum atomic E-state index is 12.6. The molecular formula is C17H19NO6. The molecule has 0 fully saturated rings. The summed E-state index contributed by atoms with van der Waals surface area (Å²) in [6.45, 7) is 1.36. The van der Waals surface area contributed by atoms with Gasteiger partial charge in [-0.2, -0.15) is 0 Å². The van der Waals surface area contributed by atoms with Gasteiger partial charge < -0.3 is 23.9 Å². The number of hydrogen-bond acceptors (Lipinski definition) is 5. The molecular weight excluding hydrogens is 314 g/mol. The van der Waals surface area contributed by atoms with E-state index in [0.717, 1.165) is 0 Å². The van der Waals surface area contributed by atoms with Gasteiger partial charge in [0.1, 0.15) is 18.0 Å². The minimum Gasteiger partial charge on any atom is -0.497 e. The second-order valence-corrected chi connectivity index (χ2v) is 5.21. The van der Waals surface area contributed by atoms with E-state index in [1.54, 1.807) is 31.2 Å². The molecule has 2 aromatic rings. The number of furan rings is 1. The Balaban J connectivity index is 2.31. The van der Waals surface area contributed by atoms with Gasteiger partial charge >= 0.3 is 5.97 Å². The Labute approximate surface area is 139 Å². The SMILES string of the molecule is COc1cc(CN(CC(=O)O)C(=O)c2occc2C)cc(OC)c1. The first-order valence-electron chi connectivity index (χ1n) is 7.21. The first-order chi connectivity index (χ1) is 11.4. The van der Waals surface area contributed by atoms with Crippen LogP contribution in [0.25, 0.3) is 0 Å². The Morgan fingerprint density at radius 2 is 1.79 bits per heavy atom. The van der Waals surface area contributed by atoms with Gasteiger partial charge in [-0.25, -0.2) is 0 Å². The van der Waals surface area contributed by atoms with Crippen molar-refractivity contribution in [2.45, 2.75) is 13.5 Å². The average molecular weight is 333 g/mol. The third-order valence-corrected chi connectivity index (χ3v) is 3.45. The van der Waals surface area contributed by atoms with Crippen LogP contribution in [0.1, 0.15) is 21.7 Å². The fourth-order valence-electron chi connectivity index (χ4n) is 2.28. The number of methoxy groups -OCH3 is 2. The molecule has 7 nitrogen and oxygen atoms in total. The summed E-state index contributed by atoms with van der Waals surface area (Å²) in [4.78, 5) is 24.9. The van der Waals surface area contributed by atoms with E-state index < -0.39 is 18.4 Å². The lowest BCUT2D eigenvalue weighted by molar-refractivity contribution is -0.137. The summed E-state index contributed by atoms with van der Waals surface area (Å²) in [5.74, 6) is -0.349. The fourth-order valence-corrected chi connectivity index (χ4v) is 2.28. The molecule has 1 amide bonds. The van der Waals surface area contributed by atoms with E-state index in [0.29, 0.717) is 22.6 Å². The number of ether oxygens (including phenoxy) is 2. The van der Waals surface area contributed by atoms with Crippen molar-refractivity contribution in [1.29, 1.82) is 0 Å². The number of carboxylic acids is 1. The summed E-state index contributed by atoms with van der Waals surface area (Å²) in [5, 5.41) is 9.11. The van der Waals surface area contributed by atoms with Gasteiger partial charge in [0, 0.05) is 18.2 Å². The van der Waals surface area contributed by atoms with Gasteiger partial charge in [0.15, 0.2) is 5.76 Å². The van der Waals surface area contributed by atoms with Gasteiger partial charge in [-0.05, 0) is 30.7 Å². The minimum absolute atomic E-state index is 0.0822. The number of benzene rings is 1. The molecule has 0 aliphatic heterocycles. The molecule has 0 saturated carbocycles. The lowest BCUT2D eigenvalue weighted by Crippen LogP contribution is -2.35. The van der Waals surface area contributed by atoms with E-state index in [1.807, 2.05) is 0 Å². The Morgan fingerprint density at radius 3 is 2.25 bits per heavy atom. The number of hydrogen-bond donors (Lipinski definition) is 1. The number of aliphatic carboxylic acids is 1. The molecule has 0 bridgehead atoms. The van der Waals surface area contributed by atoms with Crippen molar-refractivity contribution < 1.29 is 28.6 Å². The summed E-state index contributed by atoms with van der Waals surface area (Å²) in [5.41, 5.74) is 1.34. The topological polar surface area (TPSA) is 89.2 Å². The van der Waals surface area contributed by atoms with Crippen molar-refractivity contribution in [3.05, 3.63) is 47.4 Å². The maximum Gasteiger partial charge on any atom is 0.323 e. The van der Waals surface area contributed by atoms with Gasteiger partial charge in [-0.15, -0.1) is 0 Å². The zero-order chi connectivity index (χ0) is 17.7. The van der Waals surface area contributed by atoms with Crippen LogP contribution in [0.2, 0.25) is 0 Å². The lowest BCUT2D eigenvalue weighted by atomic mass is 10.1. The first-order valence-corrected chi connectivity index (χ1v) is 7.21. The van der Waals surface area contributed by atoms with Crippen molar-refractivity contribution in [2.75, 3.05) is 20.8 Å². The number of carbonyl (C=O) groups excluding carboxylic acids is 1. The maximum absolute atomic E-state index is 12.6. The third-order valence-electron chi connectivity index (χ3n) is 3.45. The number of carbonyl (C=O) groups is 2. The van der Waals surface area contributed by atoms with Crippen LogP contribution in [0.15, 0.2) is 34.9 Å². The van der Waals surface area contributed by atoms with E-state index in [9.17, 15) is 9.59 Å². The van der Waals surface area contributed by atoms with E-state index in [-0.39, 0.29) is 12.3 Å². The minimum atomic E-state index is -1.11. The highest BCUT2D eigenvalue weighted by molar-refractivity contribution is 5.94. The quantitative estimate of drug-likeness (QED) is 0.836. The molecule has 0 spiro atoms. The average Bonchev–Trinajstić information content (AvgIpc) is 2.98. The number of nitrogens with zero attached hydrogens (tertiary/aromatic N) is 1. The molecule has 0 radical (unpaired) electrons. The summed E-state index contributed by atoms with van der Waals surface area (Å²) >= 11 is 0. The van der Waals surface area contributed by atoms with Crippen LogP contribution in [-0.2, 0) is 11.3 Å². The van der Waals surface area contributed by atoms with E-state index in [4.69, 9.17) is 19.0 Å². The highest BCUT2D eigenvalue weighted by Gasteiger charge is 2.23. The molecule has 0 unspecified atom stereocenters. The molecule has 0 atom stereocenters. The number of amides is 1. The predicted octanol–water partition coefficient (Wildman–Crippen LogP) is 2.33. The molecule has 24 heavy (non-hydrogen) atoms. The Bertz CT molecular complexity index is 714. The van der Waals surface area contributed by atoms with Crippen molar-refractivity contribution in [3.63, 3.8) is 0 Å². The summed E-state index contributed by atoms with van der Waals surface area (Å²) in [6, 6.07) is 6.80. The summed E-state index contributed by atoms with van der Waals surface area (Å²) < 4.78 is 15.6. The lowest BCUT2D eigenvalue weighted by Gasteiger charge is -2.20. The Morgan fingerprint density at radius 1 is 1.17 bits per heavy atom. The molecule has 0 aliphatic carbocycles. The van der Waals surface area contributed by atoms with Crippen LogP contribution >= 0.6 is 0 Å². The van der Waals surface area contributed by atoms with E-state index in [1.165, 1.54) is 25.4 Å². The second-order valence-electron chi connectivity index (χ2n) is 5.21. The monoisotopic (exact) mass is 333 g/mol. The summed E-state index contributed by atoms with van der Waals surface area (Å²) in [6.07, 6.45) is 1.40. The summed E-state index contributed by atoms with van der Waals surface area (Å²) in [7, 11) is 3.04. The van der Waals surface area contributed by atoms with Gasteiger partial charge in [-0.1, -0.05) is 0 Å². The number of aryl methyl sites for hydroxylation is 1. The second kappa shape index (κ2) is 7.54. The predicted molar refractivity (Wildman–Crippen MR) is 85.4 cm³/mol. The number of carboxylic acid groups (broad SMARTS) is 1. The standard InChI is InChI=1S/C17H19NO6/c1-11-4-5-24-16(11)17(21)18(10-15(19)20)9-12-6-13(22-2)8-14(7-12)23-3/h4-8H,9-10H2,1-3H3,(H,19,20).